The maximum atomic E-state index is 13.0. The first kappa shape index (κ1) is 22.1. The Morgan fingerprint density at radius 1 is 1.24 bits per heavy atom. The average Bonchev–Trinajstić information content (AvgIpc) is 2.90. The minimum atomic E-state index is -3.41. The van der Waals surface area contributed by atoms with E-state index in [1.807, 2.05) is 6.26 Å². The van der Waals surface area contributed by atoms with Crippen LogP contribution in [0.2, 0.25) is 0 Å². The topological polar surface area (TPSA) is 68.5 Å². The summed E-state index contributed by atoms with van der Waals surface area (Å²) in [5, 5.41) is 1.77. The minimum Gasteiger partial charge on any atom is -0.287 e. The summed E-state index contributed by atoms with van der Waals surface area (Å²) in [6, 6.07) is 8.64. The first-order valence-electron chi connectivity index (χ1n) is 9.37. The smallest absolute Gasteiger partial charge is 0.266 e. The van der Waals surface area contributed by atoms with E-state index < -0.39 is 9.84 Å². The van der Waals surface area contributed by atoms with Gasteiger partial charge in [0.1, 0.15) is 5.49 Å². The SMILES string of the molecule is CCC1=C(SC)N=c2c(cc(Br)c(=O)n2Cc2ccccc2S(=O)(=O)CC)=CC1. The highest BCUT2D eigenvalue weighted by Gasteiger charge is 2.18. The molecule has 0 radical (unpaired) electrons. The number of thioether (sulfide) groups is 1. The maximum absolute atomic E-state index is 13.0. The Balaban J connectivity index is 2.30. The number of halogens is 1. The summed E-state index contributed by atoms with van der Waals surface area (Å²) in [5.74, 6) is 0.00682. The highest BCUT2D eigenvalue weighted by molar-refractivity contribution is 9.10. The predicted molar refractivity (Wildman–Crippen MR) is 122 cm³/mol. The Hall–Kier alpha value is -1.64. The molecule has 154 valence electrons. The van der Waals surface area contributed by atoms with Crippen molar-refractivity contribution in [3.8, 4) is 0 Å². The Morgan fingerprint density at radius 2 is 1.97 bits per heavy atom. The fourth-order valence-corrected chi connectivity index (χ4v) is 5.59. The largest absolute Gasteiger partial charge is 0.287 e. The number of allylic oxidation sites excluding steroid dienone is 1. The zero-order chi connectivity index (χ0) is 21.2. The van der Waals surface area contributed by atoms with Crippen LogP contribution in [0.15, 0.2) is 60.1 Å². The van der Waals surface area contributed by atoms with Gasteiger partial charge in [0, 0.05) is 5.22 Å². The van der Waals surface area contributed by atoms with Crippen LogP contribution < -0.4 is 16.3 Å². The van der Waals surface area contributed by atoms with Gasteiger partial charge in [0.25, 0.3) is 5.56 Å². The van der Waals surface area contributed by atoms with Crippen LogP contribution in [-0.4, -0.2) is 25.0 Å². The molecule has 0 unspecified atom stereocenters. The first-order valence-corrected chi connectivity index (χ1v) is 13.0. The second-order valence-electron chi connectivity index (χ2n) is 6.66. The lowest BCUT2D eigenvalue weighted by Gasteiger charge is -2.12. The summed E-state index contributed by atoms with van der Waals surface area (Å²) in [6.45, 7) is 3.85. The summed E-state index contributed by atoms with van der Waals surface area (Å²) in [7, 11) is -3.41. The van der Waals surface area contributed by atoms with Crippen LogP contribution >= 0.6 is 27.7 Å². The molecular formula is C21H23BrN2O3S2. The molecule has 1 aliphatic rings. The normalized spacial score (nSPS) is 14.1. The quantitative estimate of drug-likeness (QED) is 0.617. The minimum absolute atomic E-state index is 0.00682. The highest BCUT2D eigenvalue weighted by atomic mass is 79.9. The van der Waals surface area contributed by atoms with Gasteiger partial charge < -0.3 is 0 Å². The number of sulfone groups is 1. The number of rotatable bonds is 6. The fourth-order valence-electron chi connectivity index (χ4n) is 3.31. The number of aromatic nitrogens is 1. The van der Waals surface area contributed by atoms with Crippen molar-refractivity contribution >= 4 is 43.6 Å². The van der Waals surface area contributed by atoms with Gasteiger partial charge in [-0.1, -0.05) is 38.1 Å². The van der Waals surface area contributed by atoms with E-state index in [2.05, 4.69) is 28.9 Å². The molecule has 0 amide bonds. The van der Waals surface area contributed by atoms with Crippen molar-refractivity contribution in [2.75, 3.05) is 12.0 Å². The van der Waals surface area contributed by atoms with Gasteiger partial charge >= 0.3 is 0 Å². The van der Waals surface area contributed by atoms with E-state index in [4.69, 9.17) is 4.99 Å². The van der Waals surface area contributed by atoms with Gasteiger partial charge in [-0.2, -0.15) is 0 Å². The molecule has 0 spiro atoms. The molecule has 0 atom stereocenters. The average molecular weight is 495 g/mol. The summed E-state index contributed by atoms with van der Waals surface area (Å²) < 4.78 is 27.1. The third kappa shape index (κ3) is 4.44. The molecule has 0 bridgehead atoms. The molecule has 0 saturated carbocycles. The molecule has 0 N–H and O–H groups in total. The van der Waals surface area contributed by atoms with Gasteiger partial charge in [0.15, 0.2) is 9.84 Å². The molecule has 1 aromatic heterocycles. The van der Waals surface area contributed by atoms with Crippen molar-refractivity contribution in [1.29, 1.82) is 0 Å². The second-order valence-corrected chi connectivity index (χ2v) is 10.6. The van der Waals surface area contributed by atoms with Crippen LogP contribution in [0.25, 0.3) is 6.08 Å². The number of hydrogen-bond acceptors (Lipinski definition) is 5. The van der Waals surface area contributed by atoms with Crippen molar-refractivity contribution < 1.29 is 8.42 Å². The van der Waals surface area contributed by atoms with Crippen LogP contribution in [0, 0.1) is 0 Å². The van der Waals surface area contributed by atoms with Gasteiger partial charge in [0.2, 0.25) is 0 Å². The highest BCUT2D eigenvalue weighted by Crippen LogP contribution is 2.24. The van der Waals surface area contributed by atoms with Crippen LogP contribution in [-0.2, 0) is 16.4 Å². The lowest BCUT2D eigenvalue weighted by atomic mass is 10.1. The number of benzene rings is 1. The lowest BCUT2D eigenvalue weighted by Crippen LogP contribution is -2.44. The third-order valence-electron chi connectivity index (χ3n) is 4.96. The fraction of sp³-hybridized carbons (Fsp3) is 0.333. The lowest BCUT2D eigenvalue weighted by molar-refractivity contribution is 0.594. The van der Waals surface area contributed by atoms with Crippen molar-refractivity contribution in [2.24, 2.45) is 4.99 Å². The number of pyridine rings is 1. The summed E-state index contributed by atoms with van der Waals surface area (Å²) in [5.41, 5.74) is 2.14. The van der Waals surface area contributed by atoms with Crippen LogP contribution in [0.3, 0.4) is 0 Å². The van der Waals surface area contributed by atoms with Crippen molar-refractivity contribution in [2.45, 2.75) is 38.1 Å². The van der Waals surface area contributed by atoms with Gasteiger partial charge in [0.05, 0.1) is 26.7 Å². The molecule has 2 aromatic rings. The van der Waals surface area contributed by atoms with Crippen molar-refractivity contribution in [3.63, 3.8) is 0 Å². The Labute approximate surface area is 183 Å². The van der Waals surface area contributed by atoms with Crippen LogP contribution in [0.5, 0.6) is 0 Å². The van der Waals surface area contributed by atoms with Gasteiger partial charge in [-0.05, 0) is 58.3 Å². The third-order valence-corrected chi connectivity index (χ3v) is 8.12. The van der Waals surface area contributed by atoms with E-state index in [0.717, 1.165) is 23.1 Å². The Kier molecular flexibility index (Phi) is 6.86. The van der Waals surface area contributed by atoms with Crippen molar-refractivity contribution in [1.82, 2.24) is 4.57 Å². The van der Waals surface area contributed by atoms with E-state index in [1.54, 1.807) is 53.6 Å². The molecule has 0 saturated heterocycles. The molecule has 0 aliphatic carbocycles. The molecule has 5 nitrogen and oxygen atoms in total. The van der Waals surface area contributed by atoms with Gasteiger partial charge in [-0.25, -0.2) is 13.4 Å². The standard InChI is InChI=1S/C21H23BrN2O3S2/c1-4-14-10-11-15-12-17(22)21(25)24(19(15)23-20(14)28-3)13-16-8-6-7-9-18(16)29(26,27)5-2/h6-9,11-12H,4-5,10,13H2,1-3H3. The maximum Gasteiger partial charge on any atom is 0.266 e. The number of hydrogen-bond donors (Lipinski definition) is 0. The predicted octanol–water partition coefficient (Wildman–Crippen LogP) is 3.24. The molecular weight excluding hydrogens is 472 g/mol. The summed E-state index contributed by atoms with van der Waals surface area (Å²) in [6.07, 6.45) is 5.71. The first-order chi connectivity index (χ1) is 13.8. The Morgan fingerprint density at radius 3 is 2.62 bits per heavy atom. The van der Waals surface area contributed by atoms with E-state index in [0.29, 0.717) is 15.5 Å². The zero-order valence-corrected chi connectivity index (χ0v) is 19.8. The van der Waals surface area contributed by atoms with E-state index in [1.165, 1.54) is 5.57 Å². The van der Waals surface area contributed by atoms with Crippen molar-refractivity contribution in [3.05, 3.63) is 72.0 Å². The van der Waals surface area contributed by atoms with E-state index in [-0.39, 0.29) is 22.8 Å². The molecule has 29 heavy (non-hydrogen) atoms. The molecule has 3 rings (SSSR count). The van der Waals surface area contributed by atoms with E-state index in [9.17, 15) is 13.2 Å². The summed E-state index contributed by atoms with van der Waals surface area (Å²) >= 11 is 4.93. The number of fused-ring (bicyclic) bond motifs is 1. The van der Waals surface area contributed by atoms with Gasteiger partial charge in [-0.15, -0.1) is 11.8 Å². The van der Waals surface area contributed by atoms with E-state index >= 15 is 0 Å². The molecule has 8 heteroatoms. The zero-order valence-electron chi connectivity index (χ0n) is 16.6. The van der Waals surface area contributed by atoms with Crippen LogP contribution in [0.4, 0.5) is 0 Å². The van der Waals surface area contributed by atoms with Gasteiger partial charge in [-0.3, -0.25) is 9.36 Å². The Bertz CT molecular complexity index is 1260. The monoisotopic (exact) mass is 494 g/mol. The molecule has 2 heterocycles. The second kappa shape index (κ2) is 9.02. The molecule has 0 fully saturated rings. The molecule has 1 aliphatic heterocycles. The van der Waals surface area contributed by atoms with Crippen LogP contribution in [0.1, 0.15) is 32.3 Å². The summed E-state index contributed by atoms with van der Waals surface area (Å²) in [4.78, 5) is 18.1. The molecule has 1 aromatic carbocycles. The number of nitrogens with zero attached hydrogens (tertiary/aromatic N) is 2.